The molecule has 0 bridgehead atoms. The Kier molecular flexibility index (Phi) is 3.88. The number of benzene rings is 1. The molecule has 1 aromatic carbocycles. The Morgan fingerprint density at radius 2 is 2.00 bits per heavy atom. The summed E-state index contributed by atoms with van der Waals surface area (Å²) in [6.45, 7) is 4.44. The predicted molar refractivity (Wildman–Crippen MR) is 74.4 cm³/mol. The summed E-state index contributed by atoms with van der Waals surface area (Å²) in [5, 5.41) is 8.82. The van der Waals surface area contributed by atoms with E-state index in [9.17, 15) is 9.18 Å². The third kappa shape index (κ3) is 3.21. The second-order valence-electron chi connectivity index (χ2n) is 6.16. The molecule has 0 heterocycles. The van der Waals surface area contributed by atoms with E-state index in [2.05, 4.69) is 13.8 Å². The van der Waals surface area contributed by atoms with E-state index < -0.39 is 17.3 Å². The van der Waals surface area contributed by atoms with E-state index in [0.29, 0.717) is 5.41 Å². The molecule has 0 radical (unpaired) electrons. The molecule has 0 saturated heterocycles. The lowest BCUT2D eigenvalue weighted by molar-refractivity contribution is 0.0691. The molecule has 1 aliphatic rings. The van der Waals surface area contributed by atoms with Crippen LogP contribution in [0.1, 0.15) is 49.9 Å². The summed E-state index contributed by atoms with van der Waals surface area (Å²) >= 11 is 0. The van der Waals surface area contributed by atoms with Crippen LogP contribution >= 0.6 is 0 Å². The van der Waals surface area contributed by atoms with Gasteiger partial charge in [-0.1, -0.05) is 13.8 Å². The van der Waals surface area contributed by atoms with Gasteiger partial charge in [0.25, 0.3) is 0 Å². The predicted octanol–water partition coefficient (Wildman–Crippen LogP) is 3.45. The number of nitrogens with two attached hydrogens (primary N) is 1. The number of carboxylic acid groups (broad SMARTS) is 1. The number of rotatable bonds is 3. The molecule has 2 rings (SSSR count). The van der Waals surface area contributed by atoms with Crippen molar-refractivity contribution in [3.63, 3.8) is 0 Å². The van der Waals surface area contributed by atoms with Crippen molar-refractivity contribution in [2.24, 2.45) is 5.41 Å². The standard InChI is InChI=1S/C15H20FNO3/c1-15(2)5-3-9(4-6-15)20-13-8-11(16)10(14(18)19)7-12(13)17/h7-9H,3-6,17H2,1-2H3,(H,18,19). The summed E-state index contributed by atoms with van der Waals surface area (Å²) in [4.78, 5) is 10.8. The lowest BCUT2D eigenvalue weighted by Crippen LogP contribution is -2.28. The van der Waals surface area contributed by atoms with Gasteiger partial charge < -0.3 is 15.6 Å². The first-order valence-corrected chi connectivity index (χ1v) is 6.77. The van der Waals surface area contributed by atoms with Crippen LogP contribution in [0.25, 0.3) is 0 Å². The Morgan fingerprint density at radius 3 is 2.55 bits per heavy atom. The van der Waals surface area contributed by atoms with E-state index in [1.807, 2.05) is 0 Å². The molecule has 0 unspecified atom stereocenters. The second-order valence-corrected chi connectivity index (χ2v) is 6.16. The minimum absolute atomic E-state index is 0.0143. The van der Waals surface area contributed by atoms with Crippen molar-refractivity contribution >= 4 is 11.7 Å². The fourth-order valence-electron chi connectivity index (χ4n) is 2.51. The van der Waals surface area contributed by atoms with E-state index in [0.717, 1.165) is 37.8 Å². The van der Waals surface area contributed by atoms with Gasteiger partial charge in [0, 0.05) is 6.07 Å². The molecule has 1 fully saturated rings. The van der Waals surface area contributed by atoms with Gasteiger partial charge in [-0.2, -0.15) is 0 Å². The number of ether oxygens (including phenoxy) is 1. The summed E-state index contributed by atoms with van der Waals surface area (Å²) in [6.07, 6.45) is 3.91. The lowest BCUT2D eigenvalue weighted by Gasteiger charge is -2.34. The van der Waals surface area contributed by atoms with Crippen molar-refractivity contribution in [1.29, 1.82) is 0 Å². The van der Waals surface area contributed by atoms with Gasteiger partial charge in [0.2, 0.25) is 0 Å². The van der Waals surface area contributed by atoms with E-state index in [1.165, 1.54) is 0 Å². The Balaban J connectivity index is 2.11. The first-order chi connectivity index (χ1) is 9.28. The summed E-state index contributed by atoms with van der Waals surface area (Å²) in [5.74, 6) is -1.92. The van der Waals surface area contributed by atoms with Gasteiger partial charge >= 0.3 is 5.97 Å². The van der Waals surface area contributed by atoms with Gasteiger partial charge in [-0.05, 0) is 37.2 Å². The summed E-state index contributed by atoms with van der Waals surface area (Å²) < 4.78 is 19.4. The molecule has 0 aromatic heterocycles. The quantitative estimate of drug-likeness (QED) is 0.832. The van der Waals surface area contributed by atoms with Crippen molar-refractivity contribution in [2.75, 3.05) is 5.73 Å². The summed E-state index contributed by atoms with van der Waals surface area (Å²) in [7, 11) is 0. The second kappa shape index (κ2) is 5.31. The zero-order valence-electron chi connectivity index (χ0n) is 11.8. The maximum atomic E-state index is 13.6. The topological polar surface area (TPSA) is 72.5 Å². The number of carbonyl (C=O) groups is 1. The number of aromatic carboxylic acids is 1. The molecule has 20 heavy (non-hydrogen) atoms. The molecule has 1 aliphatic carbocycles. The van der Waals surface area contributed by atoms with Crippen LogP contribution in [0.4, 0.5) is 10.1 Å². The van der Waals surface area contributed by atoms with Gasteiger partial charge in [0.1, 0.15) is 11.6 Å². The average molecular weight is 281 g/mol. The Bertz CT molecular complexity index is 518. The molecular formula is C15H20FNO3. The van der Waals surface area contributed by atoms with Crippen molar-refractivity contribution in [1.82, 2.24) is 0 Å². The number of hydrogen-bond donors (Lipinski definition) is 2. The highest BCUT2D eigenvalue weighted by Gasteiger charge is 2.28. The smallest absolute Gasteiger partial charge is 0.338 e. The minimum atomic E-state index is -1.33. The molecule has 4 nitrogen and oxygen atoms in total. The SMILES string of the molecule is CC1(C)CCC(Oc2cc(F)c(C(=O)O)cc2N)CC1. The van der Waals surface area contributed by atoms with Crippen molar-refractivity contribution < 1.29 is 19.0 Å². The fraction of sp³-hybridized carbons (Fsp3) is 0.533. The zero-order valence-corrected chi connectivity index (χ0v) is 11.8. The van der Waals surface area contributed by atoms with Gasteiger partial charge in [0.15, 0.2) is 0 Å². The van der Waals surface area contributed by atoms with Gasteiger partial charge in [-0.15, -0.1) is 0 Å². The molecule has 0 aliphatic heterocycles. The summed E-state index contributed by atoms with van der Waals surface area (Å²) in [6, 6.07) is 2.18. The van der Waals surface area contributed by atoms with Crippen molar-refractivity contribution in [2.45, 2.75) is 45.6 Å². The largest absolute Gasteiger partial charge is 0.488 e. The number of halogens is 1. The van der Waals surface area contributed by atoms with Gasteiger partial charge in [0.05, 0.1) is 17.4 Å². The van der Waals surface area contributed by atoms with Gasteiger partial charge in [-0.25, -0.2) is 9.18 Å². The number of hydrogen-bond acceptors (Lipinski definition) is 3. The molecule has 1 aromatic rings. The van der Waals surface area contributed by atoms with Gasteiger partial charge in [-0.3, -0.25) is 0 Å². The van der Waals surface area contributed by atoms with E-state index >= 15 is 0 Å². The van der Waals surface area contributed by atoms with Crippen LogP contribution in [0.2, 0.25) is 0 Å². The monoisotopic (exact) mass is 281 g/mol. The normalized spacial score (nSPS) is 18.8. The molecule has 0 amide bonds. The van der Waals surface area contributed by atoms with Crippen LogP contribution in [0.3, 0.4) is 0 Å². The molecule has 110 valence electrons. The van der Waals surface area contributed by atoms with Crippen molar-refractivity contribution in [3.05, 3.63) is 23.5 Å². The van der Waals surface area contributed by atoms with E-state index in [-0.39, 0.29) is 17.5 Å². The van der Waals surface area contributed by atoms with Crippen LogP contribution in [0.15, 0.2) is 12.1 Å². The summed E-state index contributed by atoms with van der Waals surface area (Å²) in [5.41, 5.74) is 5.80. The third-order valence-electron chi connectivity index (χ3n) is 3.91. The third-order valence-corrected chi connectivity index (χ3v) is 3.91. The maximum Gasteiger partial charge on any atom is 0.338 e. The highest BCUT2D eigenvalue weighted by atomic mass is 19.1. The van der Waals surface area contributed by atoms with Crippen LogP contribution < -0.4 is 10.5 Å². The van der Waals surface area contributed by atoms with E-state index in [4.69, 9.17) is 15.6 Å². The van der Waals surface area contributed by atoms with Crippen LogP contribution in [-0.2, 0) is 0 Å². The molecule has 3 N–H and O–H groups in total. The van der Waals surface area contributed by atoms with Crippen LogP contribution in [-0.4, -0.2) is 17.2 Å². The fourth-order valence-corrected chi connectivity index (χ4v) is 2.51. The van der Waals surface area contributed by atoms with Crippen LogP contribution in [0.5, 0.6) is 5.75 Å². The Morgan fingerprint density at radius 1 is 1.40 bits per heavy atom. The van der Waals surface area contributed by atoms with Crippen molar-refractivity contribution in [3.8, 4) is 5.75 Å². The molecule has 5 heteroatoms. The first-order valence-electron chi connectivity index (χ1n) is 6.77. The Hall–Kier alpha value is -1.78. The lowest BCUT2D eigenvalue weighted by atomic mass is 9.76. The highest BCUT2D eigenvalue weighted by Crippen LogP contribution is 2.37. The molecular weight excluding hydrogens is 261 g/mol. The highest BCUT2D eigenvalue weighted by molar-refractivity contribution is 5.89. The Labute approximate surface area is 117 Å². The van der Waals surface area contributed by atoms with Crippen LogP contribution in [0, 0.1) is 11.2 Å². The van der Waals surface area contributed by atoms with E-state index in [1.54, 1.807) is 0 Å². The maximum absolute atomic E-state index is 13.6. The zero-order chi connectivity index (χ0) is 14.9. The number of nitrogen functional groups attached to an aromatic ring is 1. The molecule has 0 spiro atoms. The molecule has 1 saturated carbocycles. The molecule has 0 atom stereocenters. The average Bonchev–Trinajstić information content (AvgIpc) is 2.35. The first kappa shape index (κ1) is 14.6. The number of carboxylic acids is 1. The number of anilines is 1. The minimum Gasteiger partial charge on any atom is -0.488 e.